The van der Waals surface area contributed by atoms with E-state index in [1.807, 2.05) is 0 Å². The first-order valence-corrected chi connectivity index (χ1v) is 8.47. The van der Waals surface area contributed by atoms with Crippen LogP contribution in [0.3, 0.4) is 0 Å². The SMILES string of the molecule is CCOc1cc([C@@H]2Nc3ccccc3C(=O)N2CC(F)(F)F)cc(Cl)c1O. The molecular formula is C18H16ClF3N2O3. The molecule has 0 unspecified atom stereocenters. The highest BCUT2D eigenvalue weighted by Crippen LogP contribution is 2.41. The summed E-state index contributed by atoms with van der Waals surface area (Å²) in [5, 5.41) is 12.8. The number of nitrogens with one attached hydrogen (secondary N) is 1. The fourth-order valence-electron chi connectivity index (χ4n) is 2.93. The molecule has 1 amide bonds. The quantitative estimate of drug-likeness (QED) is 0.789. The molecule has 1 heterocycles. The van der Waals surface area contributed by atoms with Crippen LogP contribution < -0.4 is 10.1 Å². The number of anilines is 1. The average Bonchev–Trinajstić information content (AvgIpc) is 2.60. The van der Waals surface area contributed by atoms with Crippen molar-refractivity contribution in [3.05, 3.63) is 52.5 Å². The van der Waals surface area contributed by atoms with E-state index in [0.29, 0.717) is 10.6 Å². The van der Waals surface area contributed by atoms with Crippen molar-refractivity contribution in [2.24, 2.45) is 0 Å². The number of carbonyl (C=O) groups is 1. The minimum atomic E-state index is -4.59. The van der Waals surface area contributed by atoms with Crippen molar-refractivity contribution in [2.75, 3.05) is 18.5 Å². The number of halogens is 4. The van der Waals surface area contributed by atoms with E-state index in [2.05, 4.69) is 5.32 Å². The molecule has 0 aromatic heterocycles. The maximum absolute atomic E-state index is 13.1. The molecule has 0 bridgehead atoms. The number of hydrogen-bond donors (Lipinski definition) is 2. The number of nitrogens with zero attached hydrogens (tertiary/aromatic N) is 1. The molecule has 27 heavy (non-hydrogen) atoms. The van der Waals surface area contributed by atoms with Crippen LogP contribution >= 0.6 is 11.6 Å². The van der Waals surface area contributed by atoms with Gasteiger partial charge in [-0.3, -0.25) is 4.79 Å². The summed E-state index contributed by atoms with van der Waals surface area (Å²) >= 11 is 6.01. The molecule has 1 atom stereocenters. The number of benzene rings is 2. The molecule has 9 heteroatoms. The van der Waals surface area contributed by atoms with Crippen LogP contribution in [0.5, 0.6) is 11.5 Å². The van der Waals surface area contributed by atoms with Crippen molar-refractivity contribution in [1.82, 2.24) is 4.90 Å². The highest BCUT2D eigenvalue weighted by atomic mass is 35.5. The normalized spacial score (nSPS) is 16.7. The molecule has 0 aliphatic carbocycles. The van der Waals surface area contributed by atoms with Crippen LogP contribution in [0.1, 0.15) is 29.0 Å². The smallest absolute Gasteiger partial charge is 0.406 e. The van der Waals surface area contributed by atoms with Gasteiger partial charge >= 0.3 is 6.18 Å². The summed E-state index contributed by atoms with van der Waals surface area (Å²) in [5.74, 6) is -1.04. The summed E-state index contributed by atoms with van der Waals surface area (Å²) < 4.78 is 44.6. The molecule has 144 valence electrons. The Kier molecular flexibility index (Phi) is 5.10. The zero-order valence-corrected chi connectivity index (χ0v) is 14.9. The molecule has 5 nitrogen and oxygen atoms in total. The standard InChI is InChI=1S/C18H16ClF3N2O3/c1-2-27-14-8-10(7-12(19)15(14)25)16-23-13-6-4-3-5-11(13)17(26)24(16)9-18(20,21)22/h3-8,16,23,25H,2,9H2,1H3/t16-/m1/s1. The number of para-hydroxylation sites is 1. The van der Waals surface area contributed by atoms with Crippen LogP contribution in [0.25, 0.3) is 0 Å². The van der Waals surface area contributed by atoms with Crippen molar-refractivity contribution in [2.45, 2.75) is 19.3 Å². The van der Waals surface area contributed by atoms with Crippen molar-refractivity contribution in [3.8, 4) is 11.5 Å². The molecule has 0 radical (unpaired) electrons. The fourth-order valence-corrected chi connectivity index (χ4v) is 3.15. The molecule has 1 aliphatic rings. The van der Waals surface area contributed by atoms with Gasteiger partial charge in [-0.25, -0.2) is 0 Å². The number of carbonyl (C=O) groups excluding carboxylic acids is 1. The lowest BCUT2D eigenvalue weighted by molar-refractivity contribution is -0.144. The highest BCUT2D eigenvalue weighted by Gasteiger charge is 2.41. The molecule has 2 aromatic carbocycles. The largest absolute Gasteiger partial charge is 0.503 e. The van der Waals surface area contributed by atoms with Crippen molar-refractivity contribution in [1.29, 1.82) is 0 Å². The van der Waals surface area contributed by atoms with Gasteiger partial charge in [0.1, 0.15) is 12.7 Å². The van der Waals surface area contributed by atoms with Gasteiger partial charge in [0.15, 0.2) is 11.5 Å². The maximum Gasteiger partial charge on any atom is 0.406 e. The summed E-state index contributed by atoms with van der Waals surface area (Å²) in [6.45, 7) is 0.467. The monoisotopic (exact) mass is 400 g/mol. The van der Waals surface area contributed by atoms with Gasteiger partial charge < -0.3 is 20.1 Å². The van der Waals surface area contributed by atoms with E-state index in [9.17, 15) is 23.1 Å². The van der Waals surface area contributed by atoms with Gasteiger partial charge in [0.25, 0.3) is 5.91 Å². The molecule has 0 saturated heterocycles. The number of alkyl halides is 3. The number of hydrogen-bond acceptors (Lipinski definition) is 4. The minimum absolute atomic E-state index is 0.0278. The Morgan fingerprint density at radius 1 is 1.30 bits per heavy atom. The predicted molar refractivity (Wildman–Crippen MR) is 94.2 cm³/mol. The van der Waals surface area contributed by atoms with Gasteiger partial charge in [0, 0.05) is 11.3 Å². The molecule has 0 spiro atoms. The minimum Gasteiger partial charge on any atom is -0.503 e. The number of phenolic OH excluding ortho intramolecular Hbond substituents is 1. The van der Waals surface area contributed by atoms with Crippen molar-refractivity contribution < 1.29 is 27.8 Å². The second-order valence-corrected chi connectivity index (χ2v) is 6.33. The summed E-state index contributed by atoms with van der Waals surface area (Å²) in [4.78, 5) is 13.4. The van der Waals surface area contributed by atoms with Crippen LogP contribution in [0.15, 0.2) is 36.4 Å². The third-order valence-electron chi connectivity index (χ3n) is 4.04. The lowest BCUT2D eigenvalue weighted by Crippen LogP contribution is -2.47. The average molecular weight is 401 g/mol. The number of aromatic hydroxyl groups is 1. The Bertz CT molecular complexity index is 873. The summed E-state index contributed by atoms with van der Waals surface area (Å²) in [6.07, 6.45) is -5.72. The maximum atomic E-state index is 13.1. The zero-order valence-electron chi connectivity index (χ0n) is 14.2. The first-order chi connectivity index (χ1) is 12.7. The molecule has 3 rings (SSSR count). The predicted octanol–water partition coefficient (Wildman–Crippen LogP) is 4.57. The zero-order chi connectivity index (χ0) is 19.8. The van der Waals surface area contributed by atoms with E-state index in [1.54, 1.807) is 25.1 Å². The molecule has 0 fully saturated rings. The fraction of sp³-hybridized carbons (Fsp3) is 0.278. The molecule has 1 aliphatic heterocycles. The van der Waals surface area contributed by atoms with E-state index in [-0.39, 0.29) is 34.3 Å². The number of ether oxygens (including phenoxy) is 1. The van der Waals surface area contributed by atoms with Crippen molar-refractivity contribution in [3.63, 3.8) is 0 Å². The van der Waals surface area contributed by atoms with Crippen LogP contribution in [0.2, 0.25) is 5.02 Å². The van der Waals surface area contributed by atoms with Crippen LogP contribution in [-0.4, -0.2) is 35.2 Å². The van der Waals surface area contributed by atoms with Crippen LogP contribution in [0, 0.1) is 0 Å². The second kappa shape index (κ2) is 7.19. The summed E-state index contributed by atoms with van der Waals surface area (Å²) in [6, 6.07) is 8.99. The topological polar surface area (TPSA) is 61.8 Å². The van der Waals surface area contributed by atoms with E-state index in [1.165, 1.54) is 18.2 Å². The number of rotatable bonds is 4. The van der Waals surface area contributed by atoms with Gasteiger partial charge in [-0.15, -0.1) is 0 Å². The Morgan fingerprint density at radius 2 is 2.00 bits per heavy atom. The molecule has 2 N–H and O–H groups in total. The van der Waals surface area contributed by atoms with Gasteiger partial charge in [-0.05, 0) is 31.2 Å². The van der Waals surface area contributed by atoms with Gasteiger partial charge in [0.2, 0.25) is 0 Å². The number of amides is 1. The Morgan fingerprint density at radius 3 is 2.67 bits per heavy atom. The van der Waals surface area contributed by atoms with E-state index in [0.717, 1.165) is 0 Å². The number of fused-ring (bicyclic) bond motifs is 1. The van der Waals surface area contributed by atoms with Crippen LogP contribution in [-0.2, 0) is 0 Å². The lowest BCUT2D eigenvalue weighted by atomic mass is 10.0. The Balaban J connectivity index is 2.10. The molecule has 2 aromatic rings. The molecule has 0 saturated carbocycles. The second-order valence-electron chi connectivity index (χ2n) is 5.92. The summed E-state index contributed by atoms with van der Waals surface area (Å²) in [7, 11) is 0. The van der Waals surface area contributed by atoms with Crippen LogP contribution in [0.4, 0.5) is 18.9 Å². The van der Waals surface area contributed by atoms with Crippen molar-refractivity contribution >= 4 is 23.2 Å². The van der Waals surface area contributed by atoms with Gasteiger partial charge in [-0.2, -0.15) is 13.2 Å². The Hall–Kier alpha value is -2.61. The third-order valence-corrected chi connectivity index (χ3v) is 4.33. The summed E-state index contributed by atoms with van der Waals surface area (Å²) in [5.41, 5.74) is 0.814. The third kappa shape index (κ3) is 3.90. The van der Waals surface area contributed by atoms with E-state index < -0.39 is 24.8 Å². The van der Waals surface area contributed by atoms with E-state index in [4.69, 9.17) is 16.3 Å². The Labute approximate surface area is 158 Å². The highest BCUT2D eigenvalue weighted by molar-refractivity contribution is 6.32. The van der Waals surface area contributed by atoms with Gasteiger partial charge in [0.05, 0.1) is 17.2 Å². The van der Waals surface area contributed by atoms with Gasteiger partial charge in [-0.1, -0.05) is 23.7 Å². The first kappa shape index (κ1) is 19.2. The van der Waals surface area contributed by atoms with E-state index >= 15 is 0 Å². The first-order valence-electron chi connectivity index (χ1n) is 8.09. The number of phenols is 1. The molecular weight excluding hydrogens is 385 g/mol. The lowest BCUT2D eigenvalue weighted by Gasteiger charge is -2.38.